The number of carbonyl (C=O) groups excluding carboxylic acids is 1. The number of pyridine rings is 1. The first-order chi connectivity index (χ1) is 11.9. The highest BCUT2D eigenvalue weighted by molar-refractivity contribution is 5.97. The maximum absolute atomic E-state index is 13.0. The number of methoxy groups -OCH3 is 1. The van der Waals surface area contributed by atoms with Crippen molar-refractivity contribution in [3.05, 3.63) is 58.9 Å². The van der Waals surface area contributed by atoms with Crippen molar-refractivity contribution < 1.29 is 19.4 Å². The summed E-state index contributed by atoms with van der Waals surface area (Å²) < 4.78 is 5.29. The first-order valence-electron chi connectivity index (χ1n) is 8.11. The Morgan fingerprint density at radius 1 is 1.24 bits per heavy atom. The molecule has 1 aromatic carbocycles. The van der Waals surface area contributed by atoms with Gasteiger partial charge in [-0.2, -0.15) is 0 Å². The second kappa shape index (κ2) is 6.55. The number of hydrogen-bond donors (Lipinski definition) is 1. The normalized spacial score (nSPS) is 19.2. The van der Waals surface area contributed by atoms with Gasteiger partial charge in [-0.3, -0.25) is 4.79 Å². The molecule has 0 fully saturated rings. The lowest BCUT2D eigenvalue weighted by molar-refractivity contribution is 0.0580. The number of carbonyl (C=O) groups is 2. The van der Waals surface area contributed by atoms with Gasteiger partial charge in [-0.25, -0.2) is 9.78 Å². The highest BCUT2D eigenvalue weighted by Gasteiger charge is 2.33. The van der Waals surface area contributed by atoms with E-state index in [4.69, 9.17) is 9.84 Å². The van der Waals surface area contributed by atoms with Crippen LogP contribution >= 0.6 is 0 Å². The molecular formula is C19H20N2O4. The molecule has 0 aliphatic carbocycles. The largest absolute Gasteiger partial charge is 0.497 e. The molecular weight excluding hydrogens is 320 g/mol. The lowest BCUT2D eigenvalue weighted by Gasteiger charge is -2.40. The molecule has 2 atom stereocenters. The third-order valence-electron chi connectivity index (χ3n) is 4.67. The monoisotopic (exact) mass is 340 g/mol. The van der Waals surface area contributed by atoms with Crippen molar-refractivity contribution in [2.45, 2.75) is 32.4 Å². The molecule has 0 saturated heterocycles. The maximum atomic E-state index is 13.0. The van der Waals surface area contributed by atoms with Gasteiger partial charge in [-0.1, -0.05) is 6.07 Å². The Kier molecular flexibility index (Phi) is 4.44. The summed E-state index contributed by atoms with van der Waals surface area (Å²) in [4.78, 5) is 29.7. The molecule has 1 aromatic heterocycles. The second-order valence-electron chi connectivity index (χ2n) is 6.24. The molecule has 1 aliphatic rings. The summed E-state index contributed by atoms with van der Waals surface area (Å²) in [6.07, 6.45) is 2.08. The van der Waals surface area contributed by atoms with Crippen LogP contribution in [0, 0.1) is 0 Å². The van der Waals surface area contributed by atoms with E-state index in [9.17, 15) is 9.59 Å². The van der Waals surface area contributed by atoms with Crippen LogP contribution in [0.25, 0.3) is 0 Å². The first-order valence-corrected chi connectivity index (χ1v) is 8.11. The summed E-state index contributed by atoms with van der Waals surface area (Å²) in [5, 5.41) is 9.09. The topological polar surface area (TPSA) is 79.7 Å². The van der Waals surface area contributed by atoms with Crippen molar-refractivity contribution in [1.29, 1.82) is 0 Å². The van der Waals surface area contributed by atoms with Gasteiger partial charge in [0.1, 0.15) is 11.4 Å². The van der Waals surface area contributed by atoms with Crippen LogP contribution in [0.2, 0.25) is 0 Å². The van der Waals surface area contributed by atoms with Crippen LogP contribution in [0.15, 0.2) is 36.5 Å². The number of nitrogens with zero attached hydrogens (tertiary/aromatic N) is 2. The fraction of sp³-hybridized carbons (Fsp3) is 0.316. The average Bonchev–Trinajstić information content (AvgIpc) is 2.61. The van der Waals surface area contributed by atoms with E-state index in [2.05, 4.69) is 4.98 Å². The van der Waals surface area contributed by atoms with E-state index in [1.165, 1.54) is 17.8 Å². The number of fused-ring (bicyclic) bond motifs is 1. The van der Waals surface area contributed by atoms with Crippen LogP contribution in [-0.2, 0) is 6.42 Å². The number of rotatable bonds is 3. The van der Waals surface area contributed by atoms with Gasteiger partial charge in [-0.05, 0) is 55.7 Å². The average molecular weight is 340 g/mol. The quantitative estimate of drug-likeness (QED) is 0.929. The Labute approximate surface area is 146 Å². The van der Waals surface area contributed by atoms with Gasteiger partial charge in [0.05, 0.1) is 13.2 Å². The van der Waals surface area contributed by atoms with Crippen LogP contribution in [0.1, 0.15) is 51.9 Å². The van der Waals surface area contributed by atoms with E-state index in [1.807, 2.05) is 32.0 Å². The fourth-order valence-corrected chi connectivity index (χ4v) is 3.45. The van der Waals surface area contributed by atoms with E-state index >= 15 is 0 Å². The lowest BCUT2D eigenvalue weighted by Crippen LogP contribution is -2.45. The Morgan fingerprint density at radius 3 is 2.68 bits per heavy atom. The smallest absolute Gasteiger partial charge is 0.354 e. The summed E-state index contributed by atoms with van der Waals surface area (Å²) in [6, 6.07) is 8.65. The minimum absolute atomic E-state index is 0.0106. The molecule has 1 amide bonds. The maximum Gasteiger partial charge on any atom is 0.354 e. The van der Waals surface area contributed by atoms with Crippen molar-refractivity contribution in [3.63, 3.8) is 0 Å². The van der Waals surface area contributed by atoms with Crippen LogP contribution in [0.5, 0.6) is 5.75 Å². The molecule has 2 aromatic rings. The van der Waals surface area contributed by atoms with Gasteiger partial charge in [-0.15, -0.1) is 0 Å². The van der Waals surface area contributed by atoms with Gasteiger partial charge in [0.25, 0.3) is 5.91 Å². The van der Waals surface area contributed by atoms with Crippen LogP contribution in [0.3, 0.4) is 0 Å². The van der Waals surface area contributed by atoms with Crippen molar-refractivity contribution >= 4 is 11.9 Å². The van der Waals surface area contributed by atoms with Crippen LogP contribution in [-0.4, -0.2) is 40.0 Å². The van der Waals surface area contributed by atoms with Crippen molar-refractivity contribution in [1.82, 2.24) is 9.88 Å². The SMILES string of the molecule is COc1ccc2c(c1)C[C@@H](C)N(C(=O)c1ccnc(C(=O)O)c1)[C@H]2C. The molecule has 0 saturated carbocycles. The minimum Gasteiger partial charge on any atom is -0.497 e. The van der Waals surface area contributed by atoms with Gasteiger partial charge in [0.2, 0.25) is 0 Å². The molecule has 0 spiro atoms. The standard InChI is InChI=1S/C19H20N2O4/c1-11-8-14-9-15(25-3)4-5-16(14)12(2)21(11)18(22)13-6-7-20-17(10-13)19(23)24/h4-7,9-12H,8H2,1-3H3,(H,23,24)/t11-,12+/m1/s1. The number of carboxylic acid groups (broad SMARTS) is 1. The minimum atomic E-state index is -1.15. The molecule has 6 heteroatoms. The number of aromatic carboxylic acids is 1. The number of ether oxygens (including phenoxy) is 1. The van der Waals surface area contributed by atoms with E-state index in [1.54, 1.807) is 18.1 Å². The van der Waals surface area contributed by atoms with E-state index in [0.717, 1.165) is 17.7 Å². The zero-order chi connectivity index (χ0) is 18.1. The number of hydrogen-bond acceptors (Lipinski definition) is 4. The number of benzene rings is 1. The van der Waals surface area contributed by atoms with Crippen LogP contribution in [0.4, 0.5) is 0 Å². The fourth-order valence-electron chi connectivity index (χ4n) is 3.45. The van der Waals surface area contributed by atoms with E-state index in [-0.39, 0.29) is 23.7 Å². The van der Waals surface area contributed by atoms with Crippen molar-refractivity contribution in [2.75, 3.05) is 7.11 Å². The zero-order valence-corrected chi connectivity index (χ0v) is 14.4. The van der Waals surface area contributed by atoms with Gasteiger partial charge >= 0.3 is 5.97 Å². The Hall–Kier alpha value is -2.89. The highest BCUT2D eigenvalue weighted by Crippen LogP contribution is 2.35. The summed E-state index contributed by atoms with van der Waals surface area (Å²) in [5.41, 5.74) is 2.46. The van der Waals surface area contributed by atoms with Crippen molar-refractivity contribution in [3.8, 4) is 5.75 Å². The second-order valence-corrected chi connectivity index (χ2v) is 6.24. The summed E-state index contributed by atoms with van der Waals surface area (Å²) in [5.74, 6) is -0.531. The van der Waals surface area contributed by atoms with Crippen LogP contribution < -0.4 is 4.74 Å². The summed E-state index contributed by atoms with van der Waals surface area (Å²) in [7, 11) is 1.64. The lowest BCUT2D eigenvalue weighted by atomic mass is 9.88. The highest BCUT2D eigenvalue weighted by atomic mass is 16.5. The molecule has 130 valence electrons. The third kappa shape index (κ3) is 3.07. The Bertz CT molecular complexity index is 834. The molecule has 0 bridgehead atoms. The Morgan fingerprint density at radius 2 is 2.00 bits per heavy atom. The molecule has 1 N–H and O–H groups in total. The zero-order valence-electron chi connectivity index (χ0n) is 14.4. The predicted molar refractivity (Wildman–Crippen MR) is 91.9 cm³/mol. The van der Waals surface area contributed by atoms with Gasteiger partial charge in [0.15, 0.2) is 0 Å². The number of amides is 1. The Balaban J connectivity index is 1.95. The first kappa shape index (κ1) is 17.0. The summed E-state index contributed by atoms with van der Waals surface area (Å²) in [6.45, 7) is 3.98. The number of carboxylic acids is 1. The van der Waals surface area contributed by atoms with E-state index in [0.29, 0.717) is 5.56 Å². The molecule has 25 heavy (non-hydrogen) atoms. The third-order valence-corrected chi connectivity index (χ3v) is 4.67. The van der Waals surface area contributed by atoms with Gasteiger partial charge in [0, 0.05) is 17.8 Å². The molecule has 3 rings (SSSR count). The molecule has 2 heterocycles. The molecule has 6 nitrogen and oxygen atoms in total. The molecule has 0 radical (unpaired) electrons. The molecule has 1 aliphatic heterocycles. The predicted octanol–water partition coefficient (Wildman–Crippen LogP) is 2.94. The summed E-state index contributed by atoms with van der Waals surface area (Å²) >= 11 is 0. The number of aromatic nitrogens is 1. The molecule has 0 unspecified atom stereocenters. The van der Waals surface area contributed by atoms with Crippen molar-refractivity contribution in [2.24, 2.45) is 0 Å². The van der Waals surface area contributed by atoms with Gasteiger partial charge < -0.3 is 14.7 Å². The van der Waals surface area contributed by atoms with E-state index < -0.39 is 5.97 Å².